The molecule has 2 rings (SSSR count). The van der Waals surface area contributed by atoms with Gasteiger partial charge in [-0.1, -0.05) is 35.4 Å². The highest BCUT2D eigenvalue weighted by molar-refractivity contribution is 7.92. The summed E-state index contributed by atoms with van der Waals surface area (Å²) in [4.78, 5) is 11.0. The van der Waals surface area contributed by atoms with Crippen LogP contribution in [-0.2, 0) is 14.8 Å². The molecule has 0 heterocycles. The average Bonchev–Trinajstić information content (AvgIpc) is 2.46. The molecule has 0 bridgehead atoms. The first-order valence-electron chi connectivity index (χ1n) is 6.66. The van der Waals surface area contributed by atoms with Crippen LogP contribution in [0.25, 0.3) is 0 Å². The van der Waals surface area contributed by atoms with Crippen molar-refractivity contribution in [3.63, 3.8) is 0 Å². The van der Waals surface area contributed by atoms with Gasteiger partial charge in [-0.05, 0) is 38.1 Å². The molecule has 116 valence electrons. The van der Waals surface area contributed by atoms with E-state index in [0.29, 0.717) is 0 Å². The van der Waals surface area contributed by atoms with E-state index in [2.05, 4.69) is 0 Å². The van der Waals surface area contributed by atoms with Gasteiger partial charge in [0.2, 0.25) is 0 Å². The molecule has 0 saturated carbocycles. The Morgan fingerprint density at radius 3 is 1.86 bits per heavy atom. The lowest BCUT2D eigenvalue weighted by Crippen LogP contribution is -2.41. The maximum Gasteiger partial charge on any atom is 0.264 e. The quantitative estimate of drug-likeness (QED) is 0.831. The minimum absolute atomic E-state index is 0.0416. The van der Waals surface area contributed by atoms with E-state index in [1.54, 1.807) is 36.4 Å². The summed E-state index contributed by atoms with van der Waals surface area (Å²) in [5.74, 6) is -1.46. The summed E-state index contributed by atoms with van der Waals surface area (Å²) >= 11 is 0. The van der Waals surface area contributed by atoms with Crippen molar-refractivity contribution >= 4 is 21.7 Å². The zero-order valence-electron chi connectivity index (χ0n) is 12.3. The summed E-state index contributed by atoms with van der Waals surface area (Å²) in [6.45, 7) is 2.97. The van der Waals surface area contributed by atoms with Gasteiger partial charge in [0.15, 0.2) is 0 Å². The Morgan fingerprint density at radius 1 is 0.955 bits per heavy atom. The molecule has 0 N–H and O–H groups in total. The Morgan fingerprint density at radius 2 is 1.41 bits per heavy atom. The Labute approximate surface area is 129 Å². The highest BCUT2D eigenvalue weighted by Crippen LogP contribution is 2.24. The minimum Gasteiger partial charge on any atom is -0.548 e. The third-order valence-corrected chi connectivity index (χ3v) is 4.99. The van der Waals surface area contributed by atoms with Crippen LogP contribution in [0.4, 0.5) is 5.69 Å². The number of carbonyl (C=O) groups excluding carboxylic acids is 1. The Kier molecular flexibility index (Phi) is 4.51. The van der Waals surface area contributed by atoms with E-state index >= 15 is 0 Å². The lowest BCUT2D eigenvalue weighted by Gasteiger charge is -2.25. The predicted octanol–water partition coefficient (Wildman–Crippen LogP) is 1.25. The number of sulfonamides is 1. The normalized spacial score (nSPS) is 11.2. The molecule has 0 amide bonds. The summed E-state index contributed by atoms with van der Waals surface area (Å²) in [7, 11) is -3.97. The van der Waals surface area contributed by atoms with Crippen LogP contribution < -0.4 is 9.41 Å². The molecule has 2 aromatic rings. The van der Waals surface area contributed by atoms with Crippen molar-refractivity contribution in [2.24, 2.45) is 0 Å². The standard InChI is InChI=1S/C16H17NO4S/c1-12-3-7-14(8-4-12)17(11-16(18)19)22(20,21)15-9-5-13(2)6-10-15/h3-10H,11H2,1-2H3,(H,18,19)/p-1. The summed E-state index contributed by atoms with van der Waals surface area (Å²) in [5.41, 5.74) is 2.15. The maximum atomic E-state index is 12.7. The number of carboxylic acids is 1. The van der Waals surface area contributed by atoms with Crippen molar-refractivity contribution in [2.45, 2.75) is 18.7 Å². The summed E-state index contributed by atoms with van der Waals surface area (Å²) in [6, 6.07) is 12.8. The van der Waals surface area contributed by atoms with Gasteiger partial charge in [-0.2, -0.15) is 0 Å². The van der Waals surface area contributed by atoms with Crippen LogP contribution >= 0.6 is 0 Å². The van der Waals surface area contributed by atoms with E-state index in [1.165, 1.54) is 12.1 Å². The predicted molar refractivity (Wildman–Crippen MR) is 81.9 cm³/mol. The monoisotopic (exact) mass is 318 g/mol. The third kappa shape index (κ3) is 3.46. The number of aryl methyl sites for hydroxylation is 2. The summed E-state index contributed by atoms with van der Waals surface area (Å²) < 4.78 is 26.2. The van der Waals surface area contributed by atoms with Gasteiger partial charge in [0.05, 0.1) is 23.1 Å². The van der Waals surface area contributed by atoms with Crippen LogP contribution in [0.3, 0.4) is 0 Å². The van der Waals surface area contributed by atoms with Gasteiger partial charge in [-0.3, -0.25) is 4.31 Å². The fourth-order valence-electron chi connectivity index (χ4n) is 1.98. The van der Waals surface area contributed by atoms with Crippen LogP contribution in [0.15, 0.2) is 53.4 Å². The Balaban J connectivity index is 2.50. The van der Waals surface area contributed by atoms with E-state index < -0.39 is 22.5 Å². The van der Waals surface area contributed by atoms with Crippen molar-refractivity contribution in [3.8, 4) is 0 Å². The first kappa shape index (κ1) is 16.0. The number of rotatable bonds is 5. The van der Waals surface area contributed by atoms with E-state index in [9.17, 15) is 18.3 Å². The largest absolute Gasteiger partial charge is 0.548 e. The van der Waals surface area contributed by atoms with Crippen molar-refractivity contribution in [2.75, 3.05) is 10.8 Å². The molecule has 0 aliphatic heterocycles. The fourth-order valence-corrected chi connectivity index (χ4v) is 3.39. The van der Waals surface area contributed by atoms with E-state index in [4.69, 9.17) is 0 Å². The Hall–Kier alpha value is -2.34. The Bertz CT molecular complexity index is 765. The molecule has 0 fully saturated rings. The van der Waals surface area contributed by atoms with Crippen LogP contribution in [0.2, 0.25) is 0 Å². The smallest absolute Gasteiger partial charge is 0.264 e. The third-order valence-electron chi connectivity index (χ3n) is 3.20. The van der Waals surface area contributed by atoms with E-state index in [1.807, 2.05) is 13.8 Å². The number of aliphatic carboxylic acids is 1. The molecule has 22 heavy (non-hydrogen) atoms. The first-order valence-corrected chi connectivity index (χ1v) is 8.10. The molecule has 0 spiro atoms. The second-order valence-corrected chi connectivity index (χ2v) is 6.89. The van der Waals surface area contributed by atoms with Gasteiger partial charge < -0.3 is 9.90 Å². The number of carboxylic acid groups (broad SMARTS) is 1. The molecule has 5 nitrogen and oxygen atoms in total. The summed E-state index contributed by atoms with van der Waals surface area (Å²) in [5, 5.41) is 11.0. The number of anilines is 1. The SMILES string of the molecule is Cc1ccc(N(CC(=O)[O-])S(=O)(=O)c2ccc(C)cc2)cc1. The molecule has 0 aliphatic rings. The second kappa shape index (κ2) is 6.19. The number of hydrogen-bond acceptors (Lipinski definition) is 4. The molecule has 0 saturated heterocycles. The molecular formula is C16H16NO4S-. The molecule has 0 atom stereocenters. The molecule has 0 unspecified atom stereocenters. The van der Waals surface area contributed by atoms with Gasteiger partial charge in [0.25, 0.3) is 10.0 Å². The minimum atomic E-state index is -3.97. The molecular weight excluding hydrogens is 302 g/mol. The van der Waals surface area contributed by atoms with Crippen LogP contribution in [-0.4, -0.2) is 20.9 Å². The zero-order chi connectivity index (χ0) is 16.3. The highest BCUT2D eigenvalue weighted by Gasteiger charge is 2.24. The number of hydrogen-bond donors (Lipinski definition) is 0. The average molecular weight is 318 g/mol. The first-order chi connectivity index (χ1) is 10.3. The molecule has 0 aliphatic carbocycles. The molecule has 2 aromatic carbocycles. The topological polar surface area (TPSA) is 77.5 Å². The van der Waals surface area contributed by atoms with Gasteiger partial charge >= 0.3 is 0 Å². The number of benzene rings is 2. The van der Waals surface area contributed by atoms with Crippen LogP contribution in [0.1, 0.15) is 11.1 Å². The highest BCUT2D eigenvalue weighted by atomic mass is 32.2. The van der Waals surface area contributed by atoms with Crippen LogP contribution in [0, 0.1) is 13.8 Å². The van der Waals surface area contributed by atoms with E-state index in [0.717, 1.165) is 15.4 Å². The number of carbonyl (C=O) groups is 1. The van der Waals surface area contributed by atoms with Crippen molar-refractivity contribution in [1.82, 2.24) is 0 Å². The zero-order valence-corrected chi connectivity index (χ0v) is 13.1. The molecule has 6 heteroatoms. The van der Waals surface area contributed by atoms with Crippen molar-refractivity contribution in [3.05, 3.63) is 59.7 Å². The van der Waals surface area contributed by atoms with Crippen LogP contribution in [0.5, 0.6) is 0 Å². The van der Waals surface area contributed by atoms with Gasteiger partial charge in [-0.15, -0.1) is 0 Å². The van der Waals surface area contributed by atoms with Gasteiger partial charge in [-0.25, -0.2) is 8.42 Å². The van der Waals surface area contributed by atoms with Crippen molar-refractivity contribution < 1.29 is 18.3 Å². The summed E-state index contributed by atoms with van der Waals surface area (Å²) in [6.07, 6.45) is 0. The van der Waals surface area contributed by atoms with E-state index in [-0.39, 0.29) is 10.6 Å². The maximum absolute atomic E-state index is 12.7. The molecule has 0 aromatic heterocycles. The molecule has 0 radical (unpaired) electrons. The van der Waals surface area contributed by atoms with Crippen molar-refractivity contribution in [1.29, 1.82) is 0 Å². The lowest BCUT2D eigenvalue weighted by molar-refractivity contribution is -0.303. The lowest BCUT2D eigenvalue weighted by atomic mass is 10.2. The second-order valence-electron chi connectivity index (χ2n) is 5.03. The number of nitrogens with zero attached hydrogens (tertiary/aromatic N) is 1. The van der Waals surface area contributed by atoms with Gasteiger partial charge in [0, 0.05) is 0 Å². The fraction of sp³-hybridized carbons (Fsp3) is 0.188. The van der Waals surface area contributed by atoms with Gasteiger partial charge in [0.1, 0.15) is 0 Å².